The van der Waals surface area contributed by atoms with Gasteiger partial charge in [-0.3, -0.25) is 9.59 Å². The second-order valence-electron chi connectivity index (χ2n) is 7.40. The Morgan fingerprint density at radius 1 is 1.26 bits per heavy atom. The quantitative estimate of drug-likeness (QED) is 0.455. The van der Waals surface area contributed by atoms with E-state index in [1.54, 1.807) is 13.8 Å². The number of carbonyl (C=O) groups excluding carboxylic acids is 2. The van der Waals surface area contributed by atoms with E-state index in [2.05, 4.69) is 33.9 Å². The zero-order valence-corrected chi connectivity index (χ0v) is 14.3. The average molecular weight is 286 g/mol. The first-order valence-electron chi connectivity index (χ1n) is 6.74. The van der Waals surface area contributed by atoms with Crippen LogP contribution in [0.2, 0.25) is 18.1 Å². The van der Waals surface area contributed by atoms with Gasteiger partial charge in [0.15, 0.2) is 20.2 Å². The summed E-state index contributed by atoms with van der Waals surface area (Å²) in [6.07, 6.45) is -1.16. The van der Waals surface area contributed by atoms with Crippen LogP contribution in [0.15, 0.2) is 0 Å². The zero-order chi connectivity index (χ0) is 15.2. The molecule has 0 radical (unpaired) electrons. The van der Waals surface area contributed by atoms with Crippen molar-refractivity contribution in [2.75, 3.05) is 0 Å². The van der Waals surface area contributed by atoms with Gasteiger partial charge in [0, 0.05) is 0 Å². The van der Waals surface area contributed by atoms with E-state index in [9.17, 15) is 9.59 Å². The molecule has 1 fully saturated rings. The molecule has 0 aromatic rings. The number of cyclic esters (lactones) is 1. The molecule has 1 heterocycles. The lowest BCUT2D eigenvalue weighted by molar-refractivity contribution is -0.150. The summed E-state index contributed by atoms with van der Waals surface area (Å²) in [5.41, 5.74) is -1.05. The lowest BCUT2D eigenvalue weighted by atomic mass is 9.87. The largest absolute Gasteiger partial charge is 0.451 e. The molecule has 0 saturated carbocycles. The Hall–Kier alpha value is -0.683. The first kappa shape index (κ1) is 16.4. The maximum atomic E-state index is 12.2. The van der Waals surface area contributed by atoms with Gasteiger partial charge in [-0.15, -0.1) is 0 Å². The monoisotopic (exact) mass is 286 g/mol. The lowest BCUT2D eigenvalue weighted by Gasteiger charge is -2.39. The van der Waals surface area contributed by atoms with Crippen molar-refractivity contribution in [1.29, 1.82) is 0 Å². The fourth-order valence-corrected chi connectivity index (χ4v) is 3.19. The minimum absolute atomic E-state index is 0.0580. The van der Waals surface area contributed by atoms with Gasteiger partial charge in [0.2, 0.25) is 0 Å². The molecule has 1 aliphatic heterocycles. The Labute approximate surface area is 117 Å². The van der Waals surface area contributed by atoms with Crippen molar-refractivity contribution in [3.05, 3.63) is 0 Å². The Bertz CT molecular complexity index is 393. The minimum Gasteiger partial charge on any atom is -0.451 e. The van der Waals surface area contributed by atoms with Crippen LogP contribution in [0.4, 0.5) is 0 Å². The van der Waals surface area contributed by atoms with Gasteiger partial charge >= 0.3 is 5.97 Å². The number of carbonyl (C=O) groups is 2. The summed E-state index contributed by atoms with van der Waals surface area (Å²) in [4.78, 5) is 23.9. The highest BCUT2D eigenvalue weighted by molar-refractivity contribution is 6.74. The molecule has 0 spiro atoms. The molecule has 0 aromatic heterocycles. The van der Waals surface area contributed by atoms with E-state index in [0.717, 1.165) is 0 Å². The van der Waals surface area contributed by atoms with E-state index in [0.29, 0.717) is 0 Å². The van der Waals surface area contributed by atoms with Crippen LogP contribution in [-0.4, -0.2) is 32.3 Å². The maximum absolute atomic E-state index is 12.2. The lowest BCUT2D eigenvalue weighted by Crippen LogP contribution is -2.47. The second kappa shape index (κ2) is 4.70. The van der Waals surface area contributed by atoms with Crippen LogP contribution in [-0.2, 0) is 18.8 Å². The molecule has 1 rings (SSSR count). The Kier molecular flexibility index (Phi) is 4.05. The van der Waals surface area contributed by atoms with Gasteiger partial charge in [-0.05, 0) is 38.9 Å². The van der Waals surface area contributed by atoms with Gasteiger partial charge < -0.3 is 9.16 Å². The topological polar surface area (TPSA) is 52.6 Å². The zero-order valence-electron chi connectivity index (χ0n) is 13.3. The van der Waals surface area contributed by atoms with Crippen LogP contribution in [0.3, 0.4) is 0 Å². The van der Waals surface area contributed by atoms with Gasteiger partial charge in [0.05, 0.1) is 6.10 Å². The molecule has 0 bridgehead atoms. The first-order valence-corrected chi connectivity index (χ1v) is 9.65. The molecule has 2 atom stereocenters. The van der Waals surface area contributed by atoms with Crippen LogP contribution < -0.4 is 0 Å². The van der Waals surface area contributed by atoms with Crippen molar-refractivity contribution in [1.82, 2.24) is 0 Å². The summed E-state index contributed by atoms with van der Waals surface area (Å²) in [5, 5.41) is 0.0580. The third-order valence-corrected chi connectivity index (χ3v) is 8.91. The van der Waals surface area contributed by atoms with Gasteiger partial charge in [0.1, 0.15) is 5.41 Å². The van der Waals surface area contributed by atoms with E-state index in [1.807, 2.05) is 6.92 Å². The van der Waals surface area contributed by atoms with E-state index in [1.165, 1.54) is 0 Å². The predicted octanol–water partition coefficient (Wildman–Crippen LogP) is 2.92. The maximum Gasteiger partial charge on any atom is 0.320 e. The molecule has 0 unspecified atom stereocenters. The fourth-order valence-electron chi connectivity index (χ4n) is 1.78. The highest BCUT2D eigenvalue weighted by atomic mass is 28.4. The van der Waals surface area contributed by atoms with Crippen molar-refractivity contribution in [2.24, 2.45) is 5.41 Å². The van der Waals surface area contributed by atoms with Crippen LogP contribution in [0, 0.1) is 5.41 Å². The van der Waals surface area contributed by atoms with Crippen molar-refractivity contribution >= 4 is 20.1 Å². The SMILES string of the molecule is C[C@H](O[Si](C)(C)C(C)(C)C)[C@H]1OC(=O)C(C)(C)C1=O. The van der Waals surface area contributed by atoms with Gasteiger partial charge in [-0.25, -0.2) is 0 Å². The molecule has 5 heteroatoms. The molecular weight excluding hydrogens is 260 g/mol. The third-order valence-electron chi connectivity index (χ3n) is 4.33. The summed E-state index contributed by atoms with van der Waals surface area (Å²) < 4.78 is 11.4. The number of hydrogen-bond donors (Lipinski definition) is 0. The Morgan fingerprint density at radius 3 is 2.05 bits per heavy atom. The van der Waals surface area contributed by atoms with E-state index in [-0.39, 0.29) is 16.9 Å². The third kappa shape index (κ3) is 2.92. The molecular formula is C14H26O4Si. The summed E-state index contributed by atoms with van der Waals surface area (Å²) in [6, 6.07) is 0. The molecule has 1 saturated heterocycles. The molecule has 0 aliphatic carbocycles. The standard InChI is InChI=1S/C14H26O4Si/c1-9(18-19(7,8)13(2,3)4)10-11(15)14(5,6)12(16)17-10/h9-10H,1-8H3/t9-,10+/m0/s1. The summed E-state index contributed by atoms with van der Waals surface area (Å²) in [7, 11) is -1.98. The number of ketones is 1. The van der Waals surface area contributed by atoms with Gasteiger partial charge in [-0.1, -0.05) is 20.8 Å². The molecule has 4 nitrogen and oxygen atoms in total. The number of esters is 1. The first-order chi connectivity index (χ1) is 8.30. The molecule has 1 aliphatic rings. The van der Waals surface area contributed by atoms with Crippen molar-refractivity contribution in [2.45, 2.75) is 71.9 Å². The minimum atomic E-state index is -1.98. The molecule has 0 N–H and O–H groups in total. The molecule has 0 aromatic carbocycles. The highest BCUT2D eigenvalue weighted by Crippen LogP contribution is 2.39. The molecule has 110 valence electrons. The second-order valence-corrected chi connectivity index (χ2v) is 12.2. The van der Waals surface area contributed by atoms with Crippen LogP contribution >= 0.6 is 0 Å². The molecule has 19 heavy (non-hydrogen) atoms. The van der Waals surface area contributed by atoms with Crippen molar-refractivity contribution < 1.29 is 18.8 Å². The smallest absolute Gasteiger partial charge is 0.320 e. The highest BCUT2D eigenvalue weighted by Gasteiger charge is 2.53. The molecule has 0 amide bonds. The van der Waals surface area contributed by atoms with Crippen molar-refractivity contribution in [3.63, 3.8) is 0 Å². The van der Waals surface area contributed by atoms with Crippen LogP contribution in [0.25, 0.3) is 0 Å². The number of ether oxygens (including phenoxy) is 1. The van der Waals surface area contributed by atoms with Crippen molar-refractivity contribution in [3.8, 4) is 0 Å². The van der Waals surface area contributed by atoms with E-state index < -0.39 is 25.8 Å². The Balaban J connectivity index is 2.85. The van der Waals surface area contributed by atoms with E-state index >= 15 is 0 Å². The van der Waals surface area contributed by atoms with Gasteiger partial charge in [-0.2, -0.15) is 0 Å². The van der Waals surface area contributed by atoms with E-state index in [4.69, 9.17) is 9.16 Å². The normalized spacial score (nSPS) is 25.4. The Morgan fingerprint density at radius 2 is 1.74 bits per heavy atom. The van der Waals surface area contributed by atoms with Gasteiger partial charge in [0.25, 0.3) is 0 Å². The summed E-state index contributed by atoms with van der Waals surface area (Å²) >= 11 is 0. The predicted molar refractivity (Wildman–Crippen MR) is 76.4 cm³/mol. The van der Waals surface area contributed by atoms with Crippen LogP contribution in [0.5, 0.6) is 0 Å². The van der Waals surface area contributed by atoms with Crippen LogP contribution in [0.1, 0.15) is 41.5 Å². The number of rotatable bonds is 3. The average Bonchev–Trinajstić information content (AvgIpc) is 2.39. The number of hydrogen-bond acceptors (Lipinski definition) is 4. The fraction of sp³-hybridized carbons (Fsp3) is 0.857. The summed E-state index contributed by atoms with van der Waals surface area (Å²) in [5.74, 6) is -0.628. The summed E-state index contributed by atoms with van der Waals surface area (Å²) in [6.45, 7) is 15.7. The number of Topliss-reactive ketones (excluding diaryl/α,β-unsaturated/α-hetero) is 1.